The molecule has 0 aromatic carbocycles. The maximum atomic E-state index is 10.7. The summed E-state index contributed by atoms with van der Waals surface area (Å²) in [4.78, 5) is 10.7. The van der Waals surface area contributed by atoms with Crippen molar-refractivity contribution in [1.29, 1.82) is 0 Å². The third-order valence-corrected chi connectivity index (χ3v) is 1.57. The molecule has 1 amide bonds. The van der Waals surface area contributed by atoms with Gasteiger partial charge in [0.05, 0.1) is 25.9 Å². The number of amides is 1. The molecule has 1 heterocycles. The van der Waals surface area contributed by atoms with Crippen molar-refractivity contribution in [1.82, 2.24) is 5.32 Å². The van der Waals surface area contributed by atoms with Crippen molar-refractivity contribution >= 4 is 5.91 Å². The van der Waals surface area contributed by atoms with E-state index in [1.54, 1.807) is 0 Å². The zero-order valence-corrected chi connectivity index (χ0v) is 6.91. The van der Waals surface area contributed by atoms with E-state index in [4.69, 9.17) is 9.47 Å². The van der Waals surface area contributed by atoms with Crippen LogP contribution in [-0.4, -0.2) is 38.4 Å². The Kier molecular flexibility index (Phi) is 3.76. The van der Waals surface area contributed by atoms with E-state index in [1.165, 1.54) is 6.08 Å². The number of carbonyl (C=O) groups excluding carboxylic acids is 1. The van der Waals surface area contributed by atoms with Crippen LogP contribution in [-0.2, 0) is 14.3 Å². The smallest absolute Gasteiger partial charge is 0.243 e. The summed E-state index contributed by atoms with van der Waals surface area (Å²) in [6.45, 7) is 5.63. The van der Waals surface area contributed by atoms with Crippen LogP contribution in [0.1, 0.15) is 0 Å². The van der Waals surface area contributed by atoms with Crippen molar-refractivity contribution in [3.63, 3.8) is 0 Å². The molecule has 0 bridgehead atoms. The van der Waals surface area contributed by atoms with E-state index >= 15 is 0 Å². The van der Waals surface area contributed by atoms with Crippen molar-refractivity contribution in [2.75, 3.05) is 26.4 Å². The van der Waals surface area contributed by atoms with Gasteiger partial charge >= 0.3 is 0 Å². The highest BCUT2D eigenvalue weighted by Crippen LogP contribution is 1.98. The fourth-order valence-electron chi connectivity index (χ4n) is 0.941. The van der Waals surface area contributed by atoms with E-state index in [2.05, 4.69) is 11.9 Å². The van der Waals surface area contributed by atoms with Crippen molar-refractivity contribution < 1.29 is 14.3 Å². The molecule has 1 N–H and O–H groups in total. The van der Waals surface area contributed by atoms with Gasteiger partial charge in [-0.1, -0.05) is 6.58 Å². The third kappa shape index (κ3) is 3.02. The normalized spacial score (nSPS) is 23.2. The molecule has 1 rings (SSSR count). The van der Waals surface area contributed by atoms with Gasteiger partial charge in [-0.3, -0.25) is 4.79 Å². The van der Waals surface area contributed by atoms with Gasteiger partial charge < -0.3 is 14.8 Å². The molecular formula is C8H13NO3. The van der Waals surface area contributed by atoms with Crippen molar-refractivity contribution in [3.05, 3.63) is 12.7 Å². The molecule has 1 fully saturated rings. The van der Waals surface area contributed by atoms with Crippen LogP contribution in [0.15, 0.2) is 12.7 Å². The topological polar surface area (TPSA) is 47.6 Å². The van der Waals surface area contributed by atoms with Crippen LogP contribution in [0, 0.1) is 0 Å². The summed E-state index contributed by atoms with van der Waals surface area (Å²) >= 11 is 0. The average Bonchev–Trinajstić information content (AvgIpc) is 2.16. The van der Waals surface area contributed by atoms with Gasteiger partial charge in [0.2, 0.25) is 5.91 Å². The van der Waals surface area contributed by atoms with E-state index in [-0.39, 0.29) is 12.0 Å². The quantitative estimate of drug-likeness (QED) is 0.593. The summed E-state index contributed by atoms with van der Waals surface area (Å²) in [6, 6.07) is 0. The molecule has 0 radical (unpaired) electrons. The number of hydrogen-bond acceptors (Lipinski definition) is 3. The summed E-state index contributed by atoms with van der Waals surface area (Å²) in [5.74, 6) is -0.177. The average molecular weight is 171 g/mol. The maximum absolute atomic E-state index is 10.7. The molecule has 1 saturated heterocycles. The molecule has 12 heavy (non-hydrogen) atoms. The highest BCUT2D eigenvalue weighted by molar-refractivity contribution is 5.86. The Labute approximate surface area is 71.5 Å². The first-order chi connectivity index (χ1) is 5.83. The lowest BCUT2D eigenvalue weighted by molar-refractivity contribution is -0.119. The van der Waals surface area contributed by atoms with E-state index in [0.717, 1.165) is 0 Å². The third-order valence-electron chi connectivity index (χ3n) is 1.57. The number of nitrogens with one attached hydrogen (secondary N) is 1. The molecule has 0 unspecified atom stereocenters. The van der Waals surface area contributed by atoms with Gasteiger partial charge in [-0.05, 0) is 6.08 Å². The van der Waals surface area contributed by atoms with Crippen LogP contribution in [0.3, 0.4) is 0 Å². The Morgan fingerprint density at radius 1 is 1.67 bits per heavy atom. The second kappa shape index (κ2) is 4.90. The Bertz CT molecular complexity index is 164. The Morgan fingerprint density at radius 2 is 2.50 bits per heavy atom. The lowest BCUT2D eigenvalue weighted by Crippen LogP contribution is -2.39. The lowest BCUT2D eigenvalue weighted by Gasteiger charge is -2.22. The molecule has 4 heteroatoms. The molecule has 0 aliphatic carbocycles. The van der Waals surface area contributed by atoms with Gasteiger partial charge in [-0.2, -0.15) is 0 Å². The number of ether oxygens (including phenoxy) is 2. The van der Waals surface area contributed by atoms with Gasteiger partial charge in [0.1, 0.15) is 0 Å². The first-order valence-corrected chi connectivity index (χ1v) is 3.92. The summed E-state index contributed by atoms with van der Waals surface area (Å²) < 4.78 is 10.4. The van der Waals surface area contributed by atoms with Gasteiger partial charge in [-0.15, -0.1) is 0 Å². The zero-order chi connectivity index (χ0) is 8.81. The Hall–Kier alpha value is -0.870. The van der Waals surface area contributed by atoms with Crippen LogP contribution in [0.4, 0.5) is 0 Å². The first kappa shape index (κ1) is 9.22. The van der Waals surface area contributed by atoms with E-state index in [9.17, 15) is 4.79 Å². The SMILES string of the molecule is C=CC(=O)NC[C@@H]1COCCO1. The van der Waals surface area contributed by atoms with Crippen molar-refractivity contribution in [2.24, 2.45) is 0 Å². The minimum absolute atomic E-state index is 0.0114. The fraction of sp³-hybridized carbons (Fsp3) is 0.625. The Morgan fingerprint density at radius 3 is 3.08 bits per heavy atom. The van der Waals surface area contributed by atoms with Gasteiger partial charge in [0.15, 0.2) is 0 Å². The molecular weight excluding hydrogens is 158 g/mol. The van der Waals surface area contributed by atoms with Gasteiger partial charge in [0.25, 0.3) is 0 Å². The second-order valence-electron chi connectivity index (χ2n) is 2.52. The van der Waals surface area contributed by atoms with Crippen molar-refractivity contribution in [3.8, 4) is 0 Å². The molecule has 1 atom stereocenters. The van der Waals surface area contributed by atoms with Crippen molar-refractivity contribution in [2.45, 2.75) is 6.10 Å². The predicted octanol–water partition coefficient (Wildman–Crippen LogP) is -0.296. The first-order valence-electron chi connectivity index (χ1n) is 3.92. The van der Waals surface area contributed by atoms with Crippen LogP contribution in [0.5, 0.6) is 0 Å². The monoisotopic (exact) mass is 171 g/mol. The van der Waals surface area contributed by atoms with Crippen LogP contribution in [0.2, 0.25) is 0 Å². The predicted molar refractivity (Wildman–Crippen MR) is 43.8 cm³/mol. The lowest BCUT2D eigenvalue weighted by atomic mass is 10.3. The molecule has 1 aliphatic rings. The fourth-order valence-corrected chi connectivity index (χ4v) is 0.941. The maximum Gasteiger partial charge on any atom is 0.243 e. The minimum atomic E-state index is -0.177. The molecule has 0 saturated carbocycles. The minimum Gasteiger partial charge on any atom is -0.376 e. The van der Waals surface area contributed by atoms with E-state index in [1.807, 2.05) is 0 Å². The second-order valence-corrected chi connectivity index (χ2v) is 2.52. The molecule has 68 valence electrons. The Balaban J connectivity index is 2.12. The molecule has 0 aromatic rings. The van der Waals surface area contributed by atoms with Gasteiger partial charge in [-0.25, -0.2) is 0 Å². The summed E-state index contributed by atoms with van der Waals surface area (Å²) in [5.41, 5.74) is 0. The summed E-state index contributed by atoms with van der Waals surface area (Å²) in [7, 11) is 0. The molecule has 0 spiro atoms. The molecule has 1 aliphatic heterocycles. The van der Waals surface area contributed by atoms with Crippen LogP contribution < -0.4 is 5.32 Å². The van der Waals surface area contributed by atoms with E-state index < -0.39 is 0 Å². The largest absolute Gasteiger partial charge is 0.376 e. The number of carbonyl (C=O) groups is 1. The summed E-state index contributed by atoms with van der Waals surface area (Å²) in [5, 5.41) is 2.64. The highest BCUT2D eigenvalue weighted by atomic mass is 16.6. The van der Waals surface area contributed by atoms with Crippen LogP contribution in [0.25, 0.3) is 0 Å². The highest BCUT2D eigenvalue weighted by Gasteiger charge is 2.13. The molecule has 0 aromatic heterocycles. The van der Waals surface area contributed by atoms with E-state index in [0.29, 0.717) is 26.4 Å². The standard InChI is InChI=1S/C8H13NO3/c1-2-8(10)9-5-7-6-11-3-4-12-7/h2,7H,1,3-6H2,(H,9,10)/t7-/m1/s1. The zero-order valence-electron chi connectivity index (χ0n) is 6.91. The molecule has 4 nitrogen and oxygen atoms in total. The van der Waals surface area contributed by atoms with Gasteiger partial charge in [0, 0.05) is 6.54 Å². The number of hydrogen-bond donors (Lipinski definition) is 1. The summed E-state index contributed by atoms with van der Waals surface area (Å²) in [6.07, 6.45) is 1.23. The number of rotatable bonds is 3. The van der Waals surface area contributed by atoms with Crippen LogP contribution >= 0.6 is 0 Å².